The molecule has 1 aromatic rings. The van der Waals surface area contributed by atoms with Gasteiger partial charge in [-0.15, -0.1) is 11.8 Å². The average Bonchev–Trinajstić information content (AvgIpc) is 2.67. The molecule has 112 valence electrons. The molecule has 0 radical (unpaired) electrons. The number of fused-ring (bicyclic) bond motifs is 1. The minimum Gasteiger partial charge on any atom is -0.457 e. The molecule has 21 heavy (non-hydrogen) atoms. The van der Waals surface area contributed by atoms with Gasteiger partial charge in [-0.3, -0.25) is 0 Å². The van der Waals surface area contributed by atoms with E-state index >= 15 is 0 Å². The van der Waals surface area contributed by atoms with Crippen LogP contribution in [0.2, 0.25) is 0 Å². The van der Waals surface area contributed by atoms with Gasteiger partial charge in [0.2, 0.25) is 0 Å². The molecule has 3 rings (SSSR count). The number of esters is 1. The molecule has 3 nitrogen and oxygen atoms in total. The van der Waals surface area contributed by atoms with E-state index in [0.29, 0.717) is 22.8 Å². The average molecular weight is 303 g/mol. The number of nitrogens with two attached hydrogens (primary N) is 1. The van der Waals surface area contributed by atoms with Gasteiger partial charge in [-0.2, -0.15) is 0 Å². The SMILES string of the molecule is NC1=C(C(=O)OCc2ccccc2)C2CCCCCC2S1. The van der Waals surface area contributed by atoms with Gasteiger partial charge in [-0.25, -0.2) is 4.79 Å². The zero-order valence-corrected chi connectivity index (χ0v) is 12.9. The van der Waals surface area contributed by atoms with Crippen LogP contribution < -0.4 is 5.73 Å². The zero-order valence-electron chi connectivity index (χ0n) is 12.1. The van der Waals surface area contributed by atoms with E-state index in [1.165, 1.54) is 19.3 Å². The number of hydrogen-bond acceptors (Lipinski definition) is 4. The first-order valence-corrected chi connectivity index (χ1v) is 8.51. The van der Waals surface area contributed by atoms with E-state index in [1.54, 1.807) is 11.8 Å². The summed E-state index contributed by atoms with van der Waals surface area (Å²) < 4.78 is 5.48. The van der Waals surface area contributed by atoms with Gasteiger partial charge in [0, 0.05) is 11.2 Å². The highest BCUT2D eigenvalue weighted by molar-refractivity contribution is 8.03. The van der Waals surface area contributed by atoms with Crippen LogP contribution in [0.5, 0.6) is 0 Å². The monoisotopic (exact) mass is 303 g/mol. The van der Waals surface area contributed by atoms with Gasteiger partial charge in [0.25, 0.3) is 0 Å². The van der Waals surface area contributed by atoms with E-state index in [0.717, 1.165) is 24.0 Å². The summed E-state index contributed by atoms with van der Waals surface area (Å²) in [4.78, 5) is 12.4. The van der Waals surface area contributed by atoms with E-state index in [1.807, 2.05) is 30.3 Å². The van der Waals surface area contributed by atoms with Crippen molar-refractivity contribution in [2.24, 2.45) is 11.7 Å². The summed E-state index contributed by atoms with van der Waals surface area (Å²) >= 11 is 1.68. The molecular formula is C17H21NO2S. The van der Waals surface area contributed by atoms with Crippen LogP contribution in [0.25, 0.3) is 0 Å². The molecule has 1 aliphatic heterocycles. The lowest BCUT2D eigenvalue weighted by molar-refractivity contribution is -0.141. The summed E-state index contributed by atoms with van der Waals surface area (Å²) in [6, 6.07) is 9.77. The fraction of sp³-hybridized carbons (Fsp3) is 0.471. The van der Waals surface area contributed by atoms with E-state index in [-0.39, 0.29) is 5.97 Å². The molecule has 0 spiro atoms. The molecule has 2 N–H and O–H groups in total. The van der Waals surface area contributed by atoms with Crippen molar-refractivity contribution in [3.8, 4) is 0 Å². The molecule has 1 heterocycles. The Labute approximate surface area is 129 Å². The Morgan fingerprint density at radius 1 is 1.19 bits per heavy atom. The van der Waals surface area contributed by atoms with Crippen molar-refractivity contribution in [2.45, 2.75) is 44.0 Å². The summed E-state index contributed by atoms with van der Waals surface area (Å²) in [6.07, 6.45) is 5.91. The Bertz CT molecular complexity index is 541. The number of carbonyl (C=O) groups is 1. The molecule has 4 heteroatoms. The standard InChI is InChI=1S/C17H21NO2S/c18-16-15(13-9-5-2-6-10-14(13)21-16)17(19)20-11-12-7-3-1-4-8-12/h1,3-4,7-8,13-14H,2,5-6,9-11,18H2. The number of ether oxygens (including phenoxy) is 1. The molecule has 1 saturated carbocycles. The second-order valence-corrected chi connectivity index (χ2v) is 7.02. The summed E-state index contributed by atoms with van der Waals surface area (Å²) in [5.41, 5.74) is 7.85. The maximum absolute atomic E-state index is 12.4. The molecule has 0 saturated heterocycles. The summed E-state index contributed by atoms with van der Waals surface area (Å²) in [5.74, 6) is 0.0685. The third-order valence-electron chi connectivity index (χ3n) is 4.30. The number of hydrogen-bond donors (Lipinski definition) is 1. The number of benzene rings is 1. The third kappa shape index (κ3) is 3.26. The van der Waals surface area contributed by atoms with Gasteiger partial charge in [0.15, 0.2) is 0 Å². The van der Waals surface area contributed by atoms with Crippen molar-refractivity contribution in [3.05, 3.63) is 46.5 Å². The Morgan fingerprint density at radius 3 is 2.76 bits per heavy atom. The largest absolute Gasteiger partial charge is 0.457 e. The summed E-state index contributed by atoms with van der Waals surface area (Å²) in [5, 5.41) is 1.16. The fourth-order valence-corrected chi connectivity index (χ4v) is 4.62. The van der Waals surface area contributed by atoms with Crippen LogP contribution in [0.3, 0.4) is 0 Å². The van der Waals surface area contributed by atoms with Crippen LogP contribution in [0.4, 0.5) is 0 Å². The predicted octanol–water partition coefficient (Wildman–Crippen LogP) is 3.60. The van der Waals surface area contributed by atoms with E-state index in [2.05, 4.69) is 0 Å². The Morgan fingerprint density at radius 2 is 1.95 bits per heavy atom. The zero-order chi connectivity index (χ0) is 14.7. The molecule has 1 fully saturated rings. The van der Waals surface area contributed by atoms with Crippen LogP contribution >= 0.6 is 11.8 Å². The minimum atomic E-state index is -0.224. The molecule has 2 aliphatic rings. The summed E-state index contributed by atoms with van der Waals surface area (Å²) in [7, 11) is 0. The maximum Gasteiger partial charge on any atom is 0.337 e. The quantitative estimate of drug-likeness (QED) is 0.867. The van der Waals surface area contributed by atoms with E-state index < -0.39 is 0 Å². The third-order valence-corrected chi connectivity index (χ3v) is 5.64. The van der Waals surface area contributed by atoms with Gasteiger partial charge in [-0.05, 0) is 18.4 Å². The summed E-state index contributed by atoms with van der Waals surface area (Å²) in [6.45, 7) is 0.318. The van der Waals surface area contributed by atoms with Crippen molar-refractivity contribution in [3.63, 3.8) is 0 Å². The molecular weight excluding hydrogens is 282 g/mol. The van der Waals surface area contributed by atoms with Crippen LogP contribution in [0, 0.1) is 5.92 Å². The van der Waals surface area contributed by atoms with Crippen LogP contribution in [0.1, 0.15) is 37.7 Å². The second kappa shape index (κ2) is 6.56. The lowest BCUT2D eigenvalue weighted by atomic mass is 9.92. The van der Waals surface area contributed by atoms with Crippen molar-refractivity contribution in [1.82, 2.24) is 0 Å². The highest BCUT2D eigenvalue weighted by atomic mass is 32.2. The predicted molar refractivity (Wildman–Crippen MR) is 85.4 cm³/mol. The molecule has 0 amide bonds. The minimum absolute atomic E-state index is 0.224. The van der Waals surface area contributed by atoms with Crippen molar-refractivity contribution >= 4 is 17.7 Å². The highest BCUT2D eigenvalue weighted by Gasteiger charge is 2.39. The van der Waals surface area contributed by atoms with Gasteiger partial charge in [0.05, 0.1) is 10.6 Å². The molecule has 1 aliphatic carbocycles. The van der Waals surface area contributed by atoms with Crippen LogP contribution in [-0.2, 0) is 16.1 Å². The molecule has 2 unspecified atom stereocenters. The fourth-order valence-electron chi connectivity index (χ4n) is 3.21. The smallest absolute Gasteiger partial charge is 0.337 e. The first-order valence-electron chi connectivity index (χ1n) is 7.63. The van der Waals surface area contributed by atoms with Crippen molar-refractivity contribution < 1.29 is 9.53 Å². The number of rotatable bonds is 3. The Balaban J connectivity index is 1.67. The molecule has 1 aromatic carbocycles. The maximum atomic E-state index is 12.4. The second-order valence-electron chi connectivity index (χ2n) is 5.74. The normalized spacial score (nSPS) is 25.3. The van der Waals surface area contributed by atoms with Crippen molar-refractivity contribution in [2.75, 3.05) is 0 Å². The topological polar surface area (TPSA) is 52.3 Å². The Hall–Kier alpha value is -1.42. The number of carbonyl (C=O) groups excluding carboxylic acids is 1. The molecule has 0 bridgehead atoms. The lowest BCUT2D eigenvalue weighted by Crippen LogP contribution is -2.20. The van der Waals surface area contributed by atoms with E-state index in [4.69, 9.17) is 10.5 Å². The van der Waals surface area contributed by atoms with Gasteiger partial charge >= 0.3 is 5.97 Å². The Kier molecular flexibility index (Phi) is 4.54. The van der Waals surface area contributed by atoms with E-state index in [9.17, 15) is 4.79 Å². The van der Waals surface area contributed by atoms with Crippen molar-refractivity contribution in [1.29, 1.82) is 0 Å². The van der Waals surface area contributed by atoms with Gasteiger partial charge in [0.1, 0.15) is 6.61 Å². The van der Waals surface area contributed by atoms with Crippen LogP contribution in [0.15, 0.2) is 40.9 Å². The van der Waals surface area contributed by atoms with Crippen LogP contribution in [-0.4, -0.2) is 11.2 Å². The number of thioether (sulfide) groups is 1. The first-order chi connectivity index (χ1) is 10.3. The molecule has 2 atom stereocenters. The first kappa shape index (κ1) is 14.5. The molecule has 0 aromatic heterocycles. The highest BCUT2D eigenvalue weighted by Crippen LogP contribution is 2.46. The van der Waals surface area contributed by atoms with Gasteiger partial charge in [-0.1, -0.05) is 49.6 Å². The lowest BCUT2D eigenvalue weighted by Gasteiger charge is -2.17. The van der Waals surface area contributed by atoms with Gasteiger partial charge < -0.3 is 10.5 Å².